The molecule has 0 bridgehead atoms. The third-order valence-electron chi connectivity index (χ3n) is 4.62. The zero-order valence-corrected chi connectivity index (χ0v) is 14.2. The van der Waals surface area contributed by atoms with Gasteiger partial charge in [-0.05, 0) is 42.4 Å². The highest BCUT2D eigenvalue weighted by Gasteiger charge is 2.35. The van der Waals surface area contributed by atoms with Gasteiger partial charge in [0.05, 0.1) is 17.9 Å². The van der Waals surface area contributed by atoms with Crippen LogP contribution in [0.1, 0.15) is 24.4 Å². The zero-order valence-electron chi connectivity index (χ0n) is 13.4. The Kier molecular flexibility index (Phi) is 4.05. The topological polar surface area (TPSA) is 50.2 Å². The summed E-state index contributed by atoms with van der Waals surface area (Å²) < 4.78 is 15.3. The Labute approximate surface area is 144 Å². The number of fused-ring (bicyclic) bond motifs is 1. The first kappa shape index (κ1) is 15.7. The highest BCUT2D eigenvalue weighted by atomic mass is 32.2. The van der Waals surface area contributed by atoms with Crippen molar-refractivity contribution < 1.29 is 9.18 Å². The Morgan fingerprint density at radius 3 is 3.00 bits per heavy atom. The Morgan fingerprint density at radius 1 is 1.33 bits per heavy atom. The SMILES string of the molecule is Cn1cc(N2CCC(NC3CCSc4ccc(F)cc43)C2=O)cn1. The molecule has 2 aliphatic heterocycles. The fourth-order valence-electron chi connectivity index (χ4n) is 3.42. The molecule has 4 rings (SSSR count). The molecule has 1 aromatic heterocycles. The summed E-state index contributed by atoms with van der Waals surface area (Å²) in [7, 11) is 1.84. The number of thioether (sulfide) groups is 1. The number of carbonyl (C=O) groups excluding carboxylic acids is 1. The fourth-order valence-corrected chi connectivity index (χ4v) is 4.53. The highest BCUT2D eigenvalue weighted by molar-refractivity contribution is 7.99. The quantitative estimate of drug-likeness (QED) is 0.928. The largest absolute Gasteiger partial charge is 0.308 e. The van der Waals surface area contributed by atoms with Crippen LogP contribution in [0.25, 0.3) is 0 Å². The van der Waals surface area contributed by atoms with Gasteiger partial charge in [-0.25, -0.2) is 4.39 Å². The van der Waals surface area contributed by atoms with E-state index in [1.165, 1.54) is 6.07 Å². The minimum absolute atomic E-state index is 0.0275. The summed E-state index contributed by atoms with van der Waals surface area (Å²) in [4.78, 5) is 15.6. The summed E-state index contributed by atoms with van der Waals surface area (Å²) in [6.07, 6.45) is 5.21. The molecule has 7 heteroatoms. The van der Waals surface area contributed by atoms with E-state index in [1.54, 1.807) is 33.6 Å². The number of rotatable bonds is 3. The maximum atomic E-state index is 13.6. The number of anilines is 1. The van der Waals surface area contributed by atoms with Gasteiger partial charge in [-0.1, -0.05) is 0 Å². The average Bonchev–Trinajstić information content (AvgIpc) is 3.14. The molecule has 126 valence electrons. The number of hydrogen-bond acceptors (Lipinski definition) is 4. The third-order valence-corrected chi connectivity index (χ3v) is 5.74. The van der Waals surface area contributed by atoms with E-state index < -0.39 is 0 Å². The number of benzene rings is 1. The normalized spacial score (nSPS) is 23.6. The molecule has 1 saturated heterocycles. The smallest absolute Gasteiger partial charge is 0.244 e. The van der Waals surface area contributed by atoms with Crippen molar-refractivity contribution in [1.29, 1.82) is 0 Å². The average molecular weight is 346 g/mol. The summed E-state index contributed by atoms with van der Waals surface area (Å²) in [6.45, 7) is 0.680. The second-order valence-electron chi connectivity index (χ2n) is 6.24. The van der Waals surface area contributed by atoms with Crippen LogP contribution in [0.3, 0.4) is 0 Å². The van der Waals surface area contributed by atoms with Crippen molar-refractivity contribution in [3.8, 4) is 0 Å². The molecule has 0 spiro atoms. The second-order valence-corrected chi connectivity index (χ2v) is 7.38. The molecule has 1 N–H and O–H groups in total. The molecule has 24 heavy (non-hydrogen) atoms. The molecule has 2 aliphatic rings. The summed E-state index contributed by atoms with van der Waals surface area (Å²) >= 11 is 1.75. The summed E-state index contributed by atoms with van der Waals surface area (Å²) in [6, 6.07) is 4.73. The van der Waals surface area contributed by atoms with Crippen LogP contribution in [0.5, 0.6) is 0 Å². The van der Waals surface area contributed by atoms with Gasteiger partial charge in [0.1, 0.15) is 5.82 Å². The minimum Gasteiger partial charge on any atom is -0.308 e. The molecule has 2 atom stereocenters. The molecule has 5 nitrogen and oxygen atoms in total. The van der Waals surface area contributed by atoms with Crippen molar-refractivity contribution in [2.75, 3.05) is 17.2 Å². The molecule has 2 unspecified atom stereocenters. The predicted molar refractivity (Wildman–Crippen MR) is 91.6 cm³/mol. The highest BCUT2D eigenvalue weighted by Crippen LogP contribution is 2.37. The summed E-state index contributed by atoms with van der Waals surface area (Å²) in [5.41, 5.74) is 1.80. The number of halogens is 1. The number of nitrogens with zero attached hydrogens (tertiary/aromatic N) is 3. The Balaban J connectivity index is 1.51. The molecule has 2 aromatic rings. The number of hydrogen-bond donors (Lipinski definition) is 1. The first-order chi connectivity index (χ1) is 11.6. The summed E-state index contributed by atoms with van der Waals surface area (Å²) in [5.74, 6) is 0.820. The number of carbonyl (C=O) groups is 1. The van der Waals surface area contributed by atoms with Crippen molar-refractivity contribution in [1.82, 2.24) is 15.1 Å². The van der Waals surface area contributed by atoms with Crippen molar-refractivity contribution >= 4 is 23.4 Å². The molecule has 3 heterocycles. The monoisotopic (exact) mass is 346 g/mol. The van der Waals surface area contributed by atoms with Crippen molar-refractivity contribution in [2.24, 2.45) is 7.05 Å². The van der Waals surface area contributed by atoms with Crippen molar-refractivity contribution in [2.45, 2.75) is 29.8 Å². The molecule has 1 aromatic carbocycles. The van der Waals surface area contributed by atoms with Gasteiger partial charge in [-0.2, -0.15) is 5.10 Å². The molecule has 1 fully saturated rings. The van der Waals surface area contributed by atoms with E-state index in [4.69, 9.17) is 0 Å². The lowest BCUT2D eigenvalue weighted by molar-refractivity contribution is -0.119. The van der Waals surface area contributed by atoms with Crippen LogP contribution in [0.15, 0.2) is 35.5 Å². The summed E-state index contributed by atoms with van der Waals surface area (Å²) in [5, 5.41) is 7.59. The maximum absolute atomic E-state index is 13.6. The first-order valence-electron chi connectivity index (χ1n) is 8.10. The van der Waals surface area contributed by atoms with E-state index in [0.717, 1.165) is 34.7 Å². The van der Waals surface area contributed by atoms with E-state index in [9.17, 15) is 9.18 Å². The van der Waals surface area contributed by atoms with Gasteiger partial charge in [0.15, 0.2) is 0 Å². The Morgan fingerprint density at radius 2 is 2.21 bits per heavy atom. The standard InChI is InChI=1S/C17H19FN4OS/c1-21-10-12(9-19-21)22-6-4-15(17(22)23)20-14-5-7-24-16-3-2-11(18)8-13(14)16/h2-3,8-10,14-15,20H,4-7H2,1H3. The number of aromatic nitrogens is 2. The van der Waals surface area contributed by atoms with Crippen LogP contribution in [0, 0.1) is 5.82 Å². The van der Waals surface area contributed by atoms with Crippen LogP contribution < -0.4 is 10.2 Å². The van der Waals surface area contributed by atoms with Crippen LogP contribution in [0.2, 0.25) is 0 Å². The number of nitrogens with one attached hydrogen (secondary N) is 1. The van der Waals surface area contributed by atoms with E-state index in [2.05, 4.69) is 10.4 Å². The molecular weight excluding hydrogens is 327 g/mol. The van der Waals surface area contributed by atoms with E-state index >= 15 is 0 Å². The van der Waals surface area contributed by atoms with Gasteiger partial charge in [-0.3, -0.25) is 14.8 Å². The minimum atomic E-state index is -0.227. The number of aryl methyl sites for hydroxylation is 1. The van der Waals surface area contributed by atoms with Crippen LogP contribution >= 0.6 is 11.8 Å². The van der Waals surface area contributed by atoms with Gasteiger partial charge < -0.3 is 4.90 Å². The van der Waals surface area contributed by atoms with Crippen LogP contribution in [0.4, 0.5) is 10.1 Å². The molecule has 0 aliphatic carbocycles. The first-order valence-corrected chi connectivity index (χ1v) is 9.09. The van der Waals surface area contributed by atoms with Gasteiger partial charge in [0, 0.05) is 30.7 Å². The van der Waals surface area contributed by atoms with E-state index in [1.807, 2.05) is 19.3 Å². The molecule has 0 saturated carbocycles. The van der Waals surface area contributed by atoms with Gasteiger partial charge >= 0.3 is 0 Å². The molecular formula is C17H19FN4OS. The lowest BCUT2D eigenvalue weighted by Crippen LogP contribution is -2.41. The van der Waals surface area contributed by atoms with E-state index in [-0.39, 0.29) is 23.8 Å². The molecule has 0 radical (unpaired) electrons. The lowest BCUT2D eigenvalue weighted by atomic mass is 10.0. The van der Waals surface area contributed by atoms with E-state index in [0.29, 0.717) is 6.54 Å². The lowest BCUT2D eigenvalue weighted by Gasteiger charge is -2.28. The fraction of sp³-hybridized carbons (Fsp3) is 0.412. The van der Waals surface area contributed by atoms with Crippen molar-refractivity contribution in [3.63, 3.8) is 0 Å². The second kappa shape index (κ2) is 6.22. The Bertz CT molecular complexity index is 778. The third kappa shape index (κ3) is 2.82. The number of amides is 1. The van der Waals surface area contributed by atoms with Gasteiger partial charge in [0.25, 0.3) is 0 Å². The Hall–Kier alpha value is -1.86. The van der Waals surface area contributed by atoms with Gasteiger partial charge in [-0.15, -0.1) is 11.8 Å². The van der Waals surface area contributed by atoms with Crippen LogP contribution in [-0.4, -0.2) is 34.0 Å². The molecule has 1 amide bonds. The van der Waals surface area contributed by atoms with Crippen LogP contribution in [-0.2, 0) is 11.8 Å². The predicted octanol–water partition coefficient (Wildman–Crippen LogP) is 2.49. The zero-order chi connectivity index (χ0) is 16.7. The van der Waals surface area contributed by atoms with Crippen molar-refractivity contribution in [3.05, 3.63) is 42.0 Å². The van der Waals surface area contributed by atoms with Gasteiger partial charge in [0.2, 0.25) is 5.91 Å². The maximum Gasteiger partial charge on any atom is 0.244 e.